The predicted octanol–water partition coefficient (Wildman–Crippen LogP) is 2.99. The highest BCUT2D eigenvalue weighted by molar-refractivity contribution is 5.31. The molecule has 1 aromatic carbocycles. The van der Waals surface area contributed by atoms with Gasteiger partial charge in [0.05, 0.1) is 6.04 Å². The molecule has 2 rings (SSSR count). The number of para-hydroxylation sites is 1. The molecule has 114 valence electrons. The van der Waals surface area contributed by atoms with E-state index in [0.29, 0.717) is 6.54 Å². The Hall–Kier alpha value is -1.78. The van der Waals surface area contributed by atoms with Gasteiger partial charge in [0.2, 0.25) is 0 Å². The van der Waals surface area contributed by atoms with Crippen LogP contribution in [0.4, 0.5) is 0 Å². The van der Waals surface area contributed by atoms with Crippen LogP contribution in [0.15, 0.2) is 40.8 Å². The lowest BCUT2D eigenvalue weighted by Crippen LogP contribution is -2.33. The second-order valence-corrected chi connectivity index (χ2v) is 5.31. The predicted molar refractivity (Wildman–Crippen MR) is 82.5 cm³/mol. The third-order valence-electron chi connectivity index (χ3n) is 3.37. The molecule has 1 aromatic heterocycles. The van der Waals surface area contributed by atoms with Crippen LogP contribution in [0.1, 0.15) is 30.0 Å². The van der Waals surface area contributed by atoms with E-state index in [2.05, 4.69) is 5.32 Å². The Bertz CT molecular complexity index is 565. The Kier molecular flexibility index (Phi) is 5.42. The van der Waals surface area contributed by atoms with Crippen LogP contribution in [0.3, 0.4) is 0 Å². The minimum Gasteiger partial charge on any atom is -0.491 e. The van der Waals surface area contributed by atoms with E-state index in [1.54, 1.807) is 0 Å². The van der Waals surface area contributed by atoms with Crippen molar-refractivity contribution in [3.63, 3.8) is 0 Å². The summed E-state index contributed by atoms with van der Waals surface area (Å²) in [4.78, 5) is 0. The number of aliphatic hydroxyl groups is 1. The molecule has 2 unspecified atom stereocenters. The molecule has 21 heavy (non-hydrogen) atoms. The van der Waals surface area contributed by atoms with Crippen LogP contribution in [-0.2, 0) is 0 Å². The molecule has 0 radical (unpaired) electrons. The number of nitrogens with one attached hydrogen (secondary N) is 1. The highest BCUT2D eigenvalue weighted by Gasteiger charge is 2.12. The van der Waals surface area contributed by atoms with E-state index < -0.39 is 6.10 Å². The number of aliphatic hydroxyl groups excluding tert-OH is 1. The molecule has 2 N–H and O–H groups in total. The van der Waals surface area contributed by atoms with Gasteiger partial charge in [0.15, 0.2) is 0 Å². The summed E-state index contributed by atoms with van der Waals surface area (Å²) >= 11 is 0. The molecular weight excluding hydrogens is 266 g/mol. The maximum absolute atomic E-state index is 9.98. The fourth-order valence-corrected chi connectivity index (χ4v) is 2.06. The molecular formula is C17H23NO3. The summed E-state index contributed by atoms with van der Waals surface area (Å²) in [6.45, 7) is 6.63. The van der Waals surface area contributed by atoms with Crippen molar-refractivity contribution in [2.45, 2.75) is 32.9 Å². The molecule has 2 atom stereocenters. The Balaban J connectivity index is 1.75. The van der Waals surface area contributed by atoms with E-state index in [9.17, 15) is 5.11 Å². The molecule has 0 bridgehead atoms. The molecule has 0 aliphatic carbocycles. The minimum atomic E-state index is -0.567. The lowest BCUT2D eigenvalue weighted by atomic mass is 10.2. The molecule has 0 saturated carbocycles. The summed E-state index contributed by atoms with van der Waals surface area (Å²) in [7, 11) is 0. The number of hydrogen-bond acceptors (Lipinski definition) is 4. The van der Waals surface area contributed by atoms with Crippen molar-refractivity contribution in [2.75, 3.05) is 13.2 Å². The molecule has 0 amide bonds. The van der Waals surface area contributed by atoms with Crippen molar-refractivity contribution in [3.8, 4) is 5.75 Å². The Morgan fingerprint density at radius 2 is 1.95 bits per heavy atom. The summed E-state index contributed by atoms with van der Waals surface area (Å²) in [5.74, 6) is 2.58. The first kappa shape index (κ1) is 15.6. The zero-order valence-corrected chi connectivity index (χ0v) is 12.8. The van der Waals surface area contributed by atoms with Crippen molar-refractivity contribution in [2.24, 2.45) is 0 Å². The van der Waals surface area contributed by atoms with Crippen LogP contribution >= 0.6 is 0 Å². The monoisotopic (exact) mass is 289 g/mol. The average Bonchev–Trinajstić information content (AvgIpc) is 2.90. The van der Waals surface area contributed by atoms with Gasteiger partial charge in [0.25, 0.3) is 0 Å². The van der Waals surface area contributed by atoms with E-state index in [-0.39, 0.29) is 12.6 Å². The number of furan rings is 1. The van der Waals surface area contributed by atoms with Gasteiger partial charge < -0.3 is 19.6 Å². The first-order valence-electron chi connectivity index (χ1n) is 7.22. The largest absolute Gasteiger partial charge is 0.491 e. The van der Waals surface area contributed by atoms with Crippen LogP contribution in [-0.4, -0.2) is 24.4 Å². The lowest BCUT2D eigenvalue weighted by molar-refractivity contribution is 0.103. The number of aryl methyl sites for hydroxylation is 2. The van der Waals surface area contributed by atoms with Gasteiger partial charge in [-0.25, -0.2) is 0 Å². The van der Waals surface area contributed by atoms with Gasteiger partial charge in [0, 0.05) is 6.54 Å². The Labute approximate surface area is 125 Å². The van der Waals surface area contributed by atoms with Crippen LogP contribution in [0, 0.1) is 13.8 Å². The SMILES string of the molecule is Cc1ccc(C(C)NCC(O)COc2ccccc2C)o1. The van der Waals surface area contributed by atoms with E-state index in [1.807, 2.05) is 57.2 Å². The molecule has 4 nitrogen and oxygen atoms in total. The van der Waals surface area contributed by atoms with Crippen LogP contribution in [0.2, 0.25) is 0 Å². The van der Waals surface area contributed by atoms with Crippen molar-refractivity contribution in [3.05, 3.63) is 53.5 Å². The van der Waals surface area contributed by atoms with Gasteiger partial charge in [-0.2, -0.15) is 0 Å². The first-order chi connectivity index (χ1) is 10.1. The first-order valence-corrected chi connectivity index (χ1v) is 7.22. The normalized spacial score (nSPS) is 13.9. The number of hydrogen-bond donors (Lipinski definition) is 2. The second kappa shape index (κ2) is 7.29. The van der Waals surface area contributed by atoms with Gasteiger partial charge >= 0.3 is 0 Å². The smallest absolute Gasteiger partial charge is 0.122 e. The van der Waals surface area contributed by atoms with Gasteiger partial charge in [0.1, 0.15) is 30.0 Å². The van der Waals surface area contributed by atoms with Crippen molar-refractivity contribution in [1.82, 2.24) is 5.32 Å². The molecule has 2 aromatic rings. The second-order valence-electron chi connectivity index (χ2n) is 5.31. The van der Waals surface area contributed by atoms with Gasteiger partial charge in [-0.05, 0) is 44.5 Å². The Morgan fingerprint density at radius 1 is 1.19 bits per heavy atom. The van der Waals surface area contributed by atoms with Gasteiger partial charge in [-0.3, -0.25) is 0 Å². The van der Waals surface area contributed by atoms with Crippen molar-refractivity contribution < 1.29 is 14.3 Å². The fraction of sp³-hybridized carbons (Fsp3) is 0.412. The number of rotatable bonds is 7. The third kappa shape index (κ3) is 4.62. The fourth-order valence-electron chi connectivity index (χ4n) is 2.06. The maximum Gasteiger partial charge on any atom is 0.122 e. The number of benzene rings is 1. The summed E-state index contributed by atoms with van der Waals surface area (Å²) in [5, 5.41) is 13.2. The molecule has 1 heterocycles. The zero-order valence-electron chi connectivity index (χ0n) is 12.8. The topological polar surface area (TPSA) is 54.6 Å². The lowest BCUT2D eigenvalue weighted by Gasteiger charge is -2.17. The average molecular weight is 289 g/mol. The van der Waals surface area contributed by atoms with E-state index >= 15 is 0 Å². The van der Waals surface area contributed by atoms with E-state index in [4.69, 9.17) is 9.15 Å². The van der Waals surface area contributed by atoms with Gasteiger partial charge in [-0.15, -0.1) is 0 Å². The van der Waals surface area contributed by atoms with E-state index in [1.165, 1.54) is 0 Å². The maximum atomic E-state index is 9.98. The number of ether oxygens (including phenoxy) is 1. The quantitative estimate of drug-likeness (QED) is 0.823. The molecule has 0 saturated heterocycles. The summed E-state index contributed by atoms with van der Waals surface area (Å²) < 4.78 is 11.2. The summed E-state index contributed by atoms with van der Waals surface area (Å²) in [5.41, 5.74) is 1.07. The molecule has 0 aliphatic heterocycles. The Morgan fingerprint density at radius 3 is 2.62 bits per heavy atom. The zero-order chi connectivity index (χ0) is 15.2. The minimum absolute atomic E-state index is 0.0619. The van der Waals surface area contributed by atoms with Crippen LogP contribution in [0.25, 0.3) is 0 Å². The standard InChI is InChI=1S/C17H23NO3/c1-12-6-4-5-7-16(12)20-11-15(19)10-18-14(3)17-9-8-13(2)21-17/h4-9,14-15,18-19H,10-11H2,1-3H3. The van der Waals surface area contributed by atoms with Crippen LogP contribution in [0.5, 0.6) is 5.75 Å². The summed E-state index contributed by atoms with van der Waals surface area (Å²) in [6, 6.07) is 11.7. The van der Waals surface area contributed by atoms with Crippen molar-refractivity contribution in [1.29, 1.82) is 0 Å². The highest BCUT2D eigenvalue weighted by Crippen LogP contribution is 2.17. The van der Waals surface area contributed by atoms with E-state index in [0.717, 1.165) is 22.8 Å². The molecule has 0 aliphatic rings. The van der Waals surface area contributed by atoms with Crippen molar-refractivity contribution >= 4 is 0 Å². The highest BCUT2D eigenvalue weighted by atomic mass is 16.5. The van der Waals surface area contributed by atoms with Crippen LogP contribution < -0.4 is 10.1 Å². The molecule has 0 fully saturated rings. The summed E-state index contributed by atoms with van der Waals surface area (Å²) in [6.07, 6.45) is -0.567. The molecule has 0 spiro atoms. The van der Waals surface area contributed by atoms with Gasteiger partial charge in [-0.1, -0.05) is 18.2 Å². The third-order valence-corrected chi connectivity index (χ3v) is 3.37. The molecule has 4 heteroatoms.